The monoisotopic (exact) mass is 255 g/mol. The molecule has 1 N–H and O–H groups in total. The zero-order valence-corrected chi connectivity index (χ0v) is 10.1. The molecule has 0 aromatic rings. The van der Waals surface area contributed by atoms with Gasteiger partial charge in [0.1, 0.15) is 6.61 Å². The van der Waals surface area contributed by atoms with E-state index in [9.17, 15) is 14.4 Å². The summed E-state index contributed by atoms with van der Waals surface area (Å²) in [4.78, 5) is 34.5. The third-order valence-corrected chi connectivity index (χ3v) is 2.64. The molecule has 0 unspecified atom stereocenters. The topological polar surface area (TPSA) is 83.9 Å². The lowest BCUT2D eigenvalue weighted by atomic mass is 10.2. The van der Waals surface area contributed by atoms with Crippen molar-refractivity contribution in [3.05, 3.63) is 12.2 Å². The van der Waals surface area contributed by atoms with E-state index >= 15 is 0 Å². The van der Waals surface area contributed by atoms with Crippen LogP contribution in [-0.4, -0.2) is 47.5 Å². The molecule has 0 aromatic heterocycles. The standard InChI is InChI=1S/C12H17NO5/c14-10-4-2-1-3-7-13(10)8-9-18-12(17)6-5-11(15)16/h5-6H,1-4,7-9H2,(H,15,16). The molecular formula is C12H17NO5. The summed E-state index contributed by atoms with van der Waals surface area (Å²) in [7, 11) is 0. The highest BCUT2D eigenvalue weighted by atomic mass is 16.5. The highest BCUT2D eigenvalue weighted by Gasteiger charge is 2.16. The number of hydrogen-bond donors (Lipinski definition) is 1. The number of likely N-dealkylation sites (tertiary alicyclic amines) is 1. The minimum absolute atomic E-state index is 0.0876. The van der Waals surface area contributed by atoms with Crippen molar-refractivity contribution in [1.29, 1.82) is 0 Å². The lowest BCUT2D eigenvalue weighted by Crippen LogP contribution is -2.33. The van der Waals surface area contributed by atoms with Gasteiger partial charge in [-0.05, 0) is 12.8 Å². The van der Waals surface area contributed by atoms with E-state index in [1.54, 1.807) is 4.90 Å². The Bertz CT molecular complexity index is 350. The molecule has 1 aliphatic heterocycles. The van der Waals surface area contributed by atoms with Crippen LogP contribution in [0.2, 0.25) is 0 Å². The minimum Gasteiger partial charge on any atom is -0.478 e. The maximum absolute atomic E-state index is 11.6. The van der Waals surface area contributed by atoms with Crippen LogP contribution < -0.4 is 0 Å². The van der Waals surface area contributed by atoms with Crippen LogP contribution in [0.3, 0.4) is 0 Å². The Hall–Kier alpha value is -1.85. The van der Waals surface area contributed by atoms with E-state index in [1.165, 1.54) is 0 Å². The van der Waals surface area contributed by atoms with Crippen molar-refractivity contribution < 1.29 is 24.2 Å². The van der Waals surface area contributed by atoms with Crippen molar-refractivity contribution >= 4 is 17.8 Å². The summed E-state index contributed by atoms with van der Waals surface area (Å²) in [5.41, 5.74) is 0. The molecular weight excluding hydrogens is 238 g/mol. The fourth-order valence-corrected chi connectivity index (χ4v) is 1.72. The highest BCUT2D eigenvalue weighted by Crippen LogP contribution is 2.10. The highest BCUT2D eigenvalue weighted by molar-refractivity contribution is 5.90. The third kappa shape index (κ3) is 5.47. The Morgan fingerprint density at radius 3 is 2.78 bits per heavy atom. The maximum atomic E-state index is 11.6. The van der Waals surface area contributed by atoms with Gasteiger partial charge in [-0.25, -0.2) is 9.59 Å². The number of hydrogen-bond acceptors (Lipinski definition) is 4. The second-order valence-corrected chi connectivity index (χ2v) is 4.03. The van der Waals surface area contributed by atoms with Crippen LogP contribution in [0.5, 0.6) is 0 Å². The van der Waals surface area contributed by atoms with Crippen molar-refractivity contribution in [3.63, 3.8) is 0 Å². The molecule has 6 heteroatoms. The lowest BCUT2D eigenvalue weighted by molar-refractivity contribution is -0.141. The van der Waals surface area contributed by atoms with E-state index in [0.717, 1.165) is 31.4 Å². The number of esters is 1. The summed E-state index contributed by atoms with van der Waals surface area (Å²) in [5.74, 6) is -1.82. The zero-order valence-electron chi connectivity index (χ0n) is 10.1. The zero-order chi connectivity index (χ0) is 13.4. The van der Waals surface area contributed by atoms with Gasteiger partial charge in [-0.15, -0.1) is 0 Å². The largest absolute Gasteiger partial charge is 0.478 e. The molecule has 0 atom stereocenters. The number of carboxylic acids is 1. The average Bonchev–Trinajstić information content (AvgIpc) is 2.52. The molecule has 100 valence electrons. The van der Waals surface area contributed by atoms with Crippen molar-refractivity contribution in [2.24, 2.45) is 0 Å². The third-order valence-electron chi connectivity index (χ3n) is 2.64. The second kappa shape index (κ2) is 7.47. The van der Waals surface area contributed by atoms with E-state index in [0.29, 0.717) is 19.5 Å². The Morgan fingerprint density at radius 1 is 1.28 bits per heavy atom. The minimum atomic E-state index is -1.20. The number of nitrogens with zero attached hydrogens (tertiary/aromatic N) is 1. The lowest BCUT2D eigenvalue weighted by Gasteiger charge is -2.19. The summed E-state index contributed by atoms with van der Waals surface area (Å²) in [6.45, 7) is 1.15. The Labute approximate surface area is 105 Å². The summed E-state index contributed by atoms with van der Waals surface area (Å²) in [5, 5.41) is 8.31. The number of carbonyl (C=O) groups is 3. The first kappa shape index (κ1) is 14.2. The van der Waals surface area contributed by atoms with Gasteiger partial charge in [0.15, 0.2) is 0 Å². The predicted octanol–water partition coefficient (Wildman–Crippen LogP) is 0.573. The Kier molecular flexibility index (Phi) is 5.90. The smallest absolute Gasteiger partial charge is 0.331 e. The van der Waals surface area contributed by atoms with Gasteiger partial charge in [0.05, 0.1) is 6.54 Å². The fraction of sp³-hybridized carbons (Fsp3) is 0.583. The first-order valence-corrected chi connectivity index (χ1v) is 5.95. The number of carboxylic acid groups (broad SMARTS) is 1. The Balaban J connectivity index is 2.25. The van der Waals surface area contributed by atoms with Crippen LogP contribution in [0.15, 0.2) is 12.2 Å². The summed E-state index contributed by atoms with van der Waals surface area (Å²) >= 11 is 0. The Morgan fingerprint density at radius 2 is 2.06 bits per heavy atom. The molecule has 1 heterocycles. The molecule has 1 amide bonds. The van der Waals surface area contributed by atoms with Crippen molar-refractivity contribution in [2.75, 3.05) is 19.7 Å². The van der Waals surface area contributed by atoms with E-state index in [1.807, 2.05) is 0 Å². The molecule has 0 aliphatic carbocycles. The predicted molar refractivity (Wildman–Crippen MR) is 62.8 cm³/mol. The van der Waals surface area contributed by atoms with Crippen LogP contribution in [0, 0.1) is 0 Å². The van der Waals surface area contributed by atoms with Crippen molar-refractivity contribution in [2.45, 2.75) is 25.7 Å². The summed E-state index contributed by atoms with van der Waals surface area (Å²) < 4.78 is 4.80. The summed E-state index contributed by atoms with van der Waals surface area (Å²) in [6.07, 6.45) is 5.05. The van der Waals surface area contributed by atoms with Crippen molar-refractivity contribution in [3.8, 4) is 0 Å². The number of aliphatic carboxylic acids is 1. The molecule has 18 heavy (non-hydrogen) atoms. The molecule has 1 aliphatic rings. The van der Waals surface area contributed by atoms with Gasteiger partial charge in [0.2, 0.25) is 5.91 Å². The van der Waals surface area contributed by atoms with Gasteiger partial charge in [-0.1, -0.05) is 6.42 Å². The number of amides is 1. The maximum Gasteiger partial charge on any atom is 0.331 e. The molecule has 0 radical (unpaired) electrons. The fourth-order valence-electron chi connectivity index (χ4n) is 1.72. The average molecular weight is 255 g/mol. The first-order valence-electron chi connectivity index (χ1n) is 5.95. The van der Waals surface area contributed by atoms with Crippen LogP contribution in [0.1, 0.15) is 25.7 Å². The summed E-state index contributed by atoms with van der Waals surface area (Å²) in [6, 6.07) is 0. The van der Waals surface area contributed by atoms with Gasteiger partial charge in [0, 0.05) is 25.1 Å². The van der Waals surface area contributed by atoms with Gasteiger partial charge in [-0.2, -0.15) is 0 Å². The first-order chi connectivity index (χ1) is 8.59. The van der Waals surface area contributed by atoms with Crippen LogP contribution in [0.4, 0.5) is 0 Å². The van der Waals surface area contributed by atoms with E-state index in [2.05, 4.69) is 0 Å². The molecule has 0 spiro atoms. The molecule has 0 aromatic carbocycles. The normalized spacial score (nSPS) is 16.7. The SMILES string of the molecule is O=C(O)C=CC(=O)OCCN1CCCCCC1=O. The van der Waals surface area contributed by atoms with Crippen LogP contribution in [0.25, 0.3) is 0 Å². The quantitative estimate of drug-likeness (QED) is 0.573. The number of rotatable bonds is 5. The van der Waals surface area contributed by atoms with Crippen LogP contribution >= 0.6 is 0 Å². The molecule has 6 nitrogen and oxygen atoms in total. The van der Waals surface area contributed by atoms with Gasteiger partial charge >= 0.3 is 11.9 Å². The molecule has 1 rings (SSSR count). The number of ether oxygens (including phenoxy) is 1. The van der Waals surface area contributed by atoms with E-state index in [-0.39, 0.29) is 12.5 Å². The van der Waals surface area contributed by atoms with Gasteiger partial charge in [-0.3, -0.25) is 4.79 Å². The molecule has 0 saturated carbocycles. The van der Waals surface area contributed by atoms with E-state index in [4.69, 9.17) is 9.84 Å². The van der Waals surface area contributed by atoms with Gasteiger partial charge < -0.3 is 14.7 Å². The second-order valence-electron chi connectivity index (χ2n) is 4.03. The molecule has 1 saturated heterocycles. The van der Waals surface area contributed by atoms with E-state index < -0.39 is 11.9 Å². The van der Waals surface area contributed by atoms with Crippen LogP contribution in [-0.2, 0) is 19.1 Å². The van der Waals surface area contributed by atoms with Gasteiger partial charge in [0.25, 0.3) is 0 Å². The number of carbonyl (C=O) groups excluding carboxylic acids is 2. The van der Waals surface area contributed by atoms with Crippen molar-refractivity contribution in [1.82, 2.24) is 4.90 Å². The molecule has 0 bridgehead atoms. The molecule has 1 fully saturated rings.